The molecule has 0 aliphatic carbocycles. The van der Waals surface area contributed by atoms with Crippen LogP contribution in [-0.4, -0.2) is 24.0 Å². The summed E-state index contributed by atoms with van der Waals surface area (Å²) in [6.07, 6.45) is 0. The van der Waals surface area contributed by atoms with E-state index >= 15 is 0 Å². The second-order valence-electron chi connectivity index (χ2n) is 4.18. The Kier molecular flexibility index (Phi) is 2.48. The van der Waals surface area contributed by atoms with Gasteiger partial charge >= 0.3 is 0 Å². The fourth-order valence-corrected chi connectivity index (χ4v) is 2.92. The van der Waals surface area contributed by atoms with Crippen molar-refractivity contribution in [2.24, 2.45) is 4.99 Å². The third kappa shape index (κ3) is 1.76. The van der Waals surface area contributed by atoms with Gasteiger partial charge in [0.1, 0.15) is 0 Å². The zero-order valence-electron chi connectivity index (χ0n) is 9.87. The minimum atomic E-state index is 0.850. The Hall–Kier alpha value is -1.62. The number of nitrogens with one attached hydrogen (secondary N) is 2. The highest BCUT2D eigenvalue weighted by Gasteiger charge is 2.11. The van der Waals surface area contributed by atoms with Crippen molar-refractivity contribution in [3.05, 3.63) is 22.7 Å². The van der Waals surface area contributed by atoms with Gasteiger partial charge in [-0.3, -0.25) is 4.99 Å². The first-order valence-corrected chi connectivity index (χ1v) is 6.52. The van der Waals surface area contributed by atoms with E-state index in [2.05, 4.69) is 40.5 Å². The number of aryl methyl sites for hydroxylation is 2. The van der Waals surface area contributed by atoms with Crippen molar-refractivity contribution in [1.29, 1.82) is 0 Å². The lowest BCUT2D eigenvalue weighted by atomic mass is 10.1. The summed E-state index contributed by atoms with van der Waals surface area (Å²) in [5, 5.41) is 6.57. The van der Waals surface area contributed by atoms with Crippen LogP contribution < -0.4 is 10.6 Å². The zero-order valence-corrected chi connectivity index (χ0v) is 10.7. The van der Waals surface area contributed by atoms with Crippen LogP contribution in [0, 0.1) is 13.8 Å². The first-order valence-electron chi connectivity index (χ1n) is 5.64. The SMILES string of the molecule is Cc1cc(NC2=NCCN2)c(C)c2scnc12. The predicted octanol–water partition coefficient (Wildman–Crippen LogP) is 2.28. The molecular weight excluding hydrogens is 232 g/mol. The Balaban J connectivity index is 2.06. The minimum absolute atomic E-state index is 0.850. The zero-order chi connectivity index (χ0) is 11.8. The molecule has 1 aromatic heterocycles. The fourth-order valence-electron chi connectivity index (χ4n) is 2.05. The topological polar surface area (TPSA) is 49.3 Å². The molecule has 2 aromatic rings. The Morgan fingerprint density at radius 1 is 1.41 bits per heavy atom. The van der Waals surface area contributed by atoms with Gasteiger partial charge in [-0.15, -0.1) is 11.3 Å². The van der Waals surface area contributed by atoms with Gasteiger partial charge in [0.15, 0.2) is 5.96 Å². The Morgan fingerprint density at radius 2 is 2.29 bits per heavy atom. The molecule has 4 nitrogen and oxygen atoms in total. The maximum absolute atomic E-state index is 4.40. The van der Waals surface area contributed by atoms with Gasteiger partial charge in [-0.1, -0.05) is 0 Å². The first-order chi connectivity index (χ1) is 8.25. The number of aromatic nitrogens is 1. The van der Waals surface area contributed by atoms with E-state index < -0.39 is 0 Å². The van der Waals surface area contributed by atoms with Crippen molar-refractivity contribution in [3.63, 3.8) is 0 Å². The van der Waals surface area contributed by atoms with Crippen molar-refractivity contribution in [2.75, 3.05) is 18.4 Å². The number of hydrogen-bond donors (Lipinski definition) is 2. The van der Waals surface area contributed by atoms with Crippen LogP contribution in [0.15, 0.2) is 16.6 Å². The molecule has 2 heterocycles. The molecule has 0 spiro atoms. The molecule has 0 atom stereocenters. The molecule has 1 aliphatic rings. The van der Waals surface area contributed by atoms with Gasteiger partial charge in [0.05, 0.1) is 22.3 Å². The molecule has 3 rings (SSSR count). The molecule has 0 saturated carbocycles. The number of anilines is 1. The van der Waals surface area contributed by atoms with E-state index in [0.717, 1.165) is 30.3 Å². The van der Waals surface area contributed by atoms with Gasteiger partial charge in [-0.2, -0.15) is 0 Å². The molecule has 2 N–H and O–H groups in total. The van der Waals surface area contributed by atoms with Crippen molar-refractivity contribution < 1.29 is 0 Å². The number of hydrogen-bond acceptors (Lipinski definition) is 5. The molecule has 88 valence electrons. The summed E-state index contributed by atoms with van der Waals surface area (Å²) in [6, 6.07) is 2.14. The second-order valence-corrected chi connectivity index (χ2v) is 5.03. The lowest BCUT2D eigenvalue weighted by Crippen LogP contribution is -2.26. The van der Waals surface area contributed by atoms with Crippen LogP contribution in [0.3, 0.4) is 0 Å². The van der Waals surface area contributed by atoms with E-state index in [-0.39, 0.29) is 0 Å². The molecule has 0 bridgehead atoms. The number of rotatable bonds is 1. The van der Waals surface area contributed by atoms with Crippen LogP contribution in [0.2, 0.25) is 0 Å². The van der Waals surface area contributed by atoms with Gasteiger partial charge in [0.25, 0.3) is 0 Å². The molecule has 0 saturated heterocycles. The fraction of sp³-hybridized carbons (Fsp3) is 0.333. The average molecular weight is 246 g/mol. The molecule has 0 fully saturated rings. The van der Waals surface area contributed by atoms with E-state index in [1.54, 1.807) is 11.3 Å². The number of aliphatic imine (C=N–C) groups is 1. The molecule has 0 unspecified atom stereocenters. The van der Waals surface area contributed by atoms with Crippen LogP contribution in [-0.2, 0) is 0 Å². The maximum Gasteiger partial charge on any atom is 0.195 e. The average Bonchev–Trinajstić information content (AvgIpc) is 2.96. The molecule has 5 heteroatoms. The molecule has 1 aromatic carbocycles. The maximum atomic E-state index is 4.40. The van der Waals surface area contributed by atoms with Gasteiger partial charge in [-0.05, 0) is 31.0 Å². The number of thiazole rings is 1. The lowest BCUT2D eigenvalue weighted by molar-refractivity contribution is 0.959. The standard InChI is InChI=1S/C12H14N4S/c1-7-5-9(16-12-13-3-4-14-12)8(2)11-10(7)15-6-17-11/h5-6H,3-4H2,1-2H3,(H2,13,14,16). The van der Waals surface area contributed by atoms with Gasteiger partial charge in [0, 0.05) is 12.2 Å². The highest BCUT2D eigenvalue weighted by atomic mass is 32.1. The number of fused-ring (bicyclic) bond motifs is 1. The summed E-state index contributed by atoms with van der Waals surface area (Å²) in [7, 11) is 0. The Morgan fingerprint density at radius 3 is 3.06 bits per heavy atom. The van der Waals surface area contributed by atoms with E-state index in [0.29, 0.717) is 0 Å². The highest BCUT2D eigenvalue weighted by Crippen LogP contribution is 2.30. The molecule has 1 aliphatic heterocycles. The smallest absolute Gasteiger partial charge is 0.195 e. The first kappa shape index (κ1) is 10.5. The predicted molar refractivity (Wildman–Crippen MR) is 73.0 cm³/mol. The summed E-state index contributed by atoms with van der Waals surface area (Å²) >= 11 is 1.69. The Labute approximate surface area is 104 Å². The third-order valence-electron chi connectivity index (χ3n) is 2.97. The molecule has 0 amide bonds. The highest BCUT2D eigenvalue weighted by molar-refractivity contribution is 7.17. The summed E-state index contributed by atoms with van der Waals surface area (Å²) < 4.78 is 1.26. The van der Waals surface area contributed by atoms with Crippen LogP contribution in [0.4, 0.5) is 5.69 Å². The van der Waals surface area contributed by atoms with Gasteiger partial charge in [0.2, 0.25) is 0 Å². The number of guanidine groups is 1. The quantitative estimate of drug-likeness (QED) is 0.811. The normalized spacial score (nSPS) is 14.8. The number of nitrogens with zero attached hydrogens (tertiary/aromatic N) is 2. The van der Waals surface area contributed by atoms with Crippen molar-refractivity contribution in [1.82, 2.24) is 10.3 Å². The number of benzene rings is 1. The summed E-state index contributed by atoms with van der Waals surface area (Å²) in [5.41, 5.74) is 6.57. The van der Waals surface area contributed by atoms with E-state index in [4.69, 9.17) is 0 Å². The van der Waals surface area contributed by atoms with Crippen LogP contribution in [0.25, 0.3) is 10.2 Å². The second kappa shape index (κ2) is 4.00. The minimum Gasteiger partial charge on any atom is -0.354 e. The third-order valence-corrected chi connectivity index (χ3v) is 3.92. The Bertz CT molecular complexity index is 600. The molecule has 17 heavy (non-hydrogen) atoms. The van der Waals surface area contributed by atoms with Crippen LogP contribution in [0.1, 0.15) is 11.1 Å². The summed E-state index contributed by atoms with van der Waals surface area (Å²) in [6.45, 7) is 5.99. The van der Waals surface area contributed by atoms with E-state index in [1.807, 2.05) is 5.51 Å². The largest absolute Gasteiger partial charge is 0.354 e. The van der Waals surface area contributed by atoms with Crippen LogP contribution in [0.5, 0.6) is 0 Å². The van der Waals surface area contributed by atoms with E-state index in [9.17, 15) is 0 Å². The molecule has 0 radical (unpaired) electrons. The van der Waals surface area contributed by atoms with E-state index in [1.165, 1.54) is 15.8 Å². The summed E-state index contributed by atoms with van der Waals surface area (Å²) in [4.78, 5) is 8.75. The summed E-state index contributed by atoms with van der Waals surface area (Å²) in [5.74, 6) is 0.872. The van der Waals surface area contributed by atoms with Gasteiger partial charge < -0.3 is 10.6 Å². The lowest BCUT2D eigenvalue weighted by Gasteiger charge is -2.11. The van der Waals surface area contributed by atoms with Crippen molar-refractivity contribution in [2.45, 2.75) is 13.8 Å². The molecular formula is C12H14N4S. The monoisotopic (exact) mass is 246 g/mol. The van der Waals surface area contributed by atoms with Gasteiger partial charge in [-0.25, -0.2) is 4.98 Å². The van der Waals surface area contributed by atoms with Crippen LogP contribution >= 0.6 is 11.3 Å². The van der Waals surface area contributed by atoms with Crippen molar-refractivity contribution >= 4 is 33.2 Å². The van der Waals surface area contributed by atoms with Crippen molar-refractivity contribution in [3.8, 4) is 0 Å².